The van der Waals surface area contributed by atoms with Crippen molar-refractivity contribution in [2.75, 3.05) is 11.9 Å². The van der Waals surface area contributed by atoms with E-state index in [2.05, 4.69) is 10.6 Å². The van der Waals surface area contributed by atoms with Crippen molar-refractivity contribution in [3.8, 4) is 0 Å². The van der Waals surface area contributed by atoms with Crippen molar-refractivity contribution in [3.63, 3.8) is 0 Å². The SMILES string of the molecule is CC(C)(C)CNC(=O)Nc1ccc(F)cc1C(=O)O. The van der Waals surface area contributed by atoms with E-state index in [9.17, 15) is 14.0 Å². The molecule has 0 bridgehead atoms. The molecule has 0 atom stereocenters. The molecule has 19 heavy (non-hydrogen) atoms. The Morgan fingerprint density at radius 2 is 1.95 bits per heavy atom. The number of carboxylic acid groups (broad SMARTS) is 1. The summed E-state index contributed by atoms with van der Waals surface area (Å²) < 4.78 is 13.0. The Hall–Kier alpha value is -2.11. The van der Waals surface area contributed by atoms with Gasteiger partial charge in [-0.3, -0.25) is 0 Å². The second-order valence-corrected chi connectivity index (χ2v) is 5.36. The zero-order valence-corrected chi connectivity index (χ0v) is 11.1. The number of nitrogens with one attached hydrogen (secondary N) is 2. The molecule has 0 fully saturated rings. The van der Waals surface area contributed by atoms with Crippen LogP contribution in [0, 0.1) is 11.2 Å². The minimum atomic E-state index is -1.30. The summed E-state index contributed by atoms with van der Waals surface area (Å²) in [5.74, 6) is -1.97. The van der Waals surface area contributed by atoms with Crippen LogP contribution in [0.3, 0.4) is 0 Å². The Balaban J connectivity index is 2.77. The Labute approximate surface area is 110 Å². The van der Waals surface area contributed by atoms with Crippen LogP contribution in [0.2, 0.25) is 0 Å². The lowest BCUT2D eigenvalue weighted by Gasteiger charge is -2.19. The van der Waals surface area contributed by atoms with E-state index in [0.29, 0.717) is 6.54 Å². The van der Waals surface area contributed by atoms with Crippen LogP contribution < -0.4 is 10.6 Å². The highest BCUT2D eigenvalue weighted by Crippen LogP contribution is 2.17. The van der Waals surface area contributed by atoms with Crippen LogP contribution in [0.25, 0.3) is 0 Å². The van der Waals surface area contributed by atoms with Crippen molar-refractivity contribution in [2.24, 2.45) is 5.41 Å². The lowest BCUT2D eigenvalue weighted by Crippen LogP contribution is -2.35. The van der Waals surface area contributed by atoms with E-state index in [1.165, 1.54) is 6.07 Å². The first-order valence-corrected chi connectivity index (χ1v) is 5.77. The minimum absolute atomic E-state index is 0.0558. The van der Waals surface area contributed by atoms with Crippen LogP contribution in [0.15, 0.2) is 18.2 Å². The van der Waals surface area contributed by atoms with E-state index >= 15 is 0 Å². The predicted molar refractivity (Wildman–Crippen MR) is 69.8 cm³/mol. The van der Waals surface area contributed by atoms with E-state index in [1.54, 1.807) is 0 Å². The average Bonchev–Trinajstić information content (AvgIpc) is 2.28. The molecule has 3 N–H and O–H groups in total. The Bertz CT molecular complexity index is 495. The zero-order chi connectivity index (χ0) is 14.6. The van der Waals surface area contributed by atoms with Crippen LogP contribution in [-0.4, -0.2) is 23.7 Å². The van der Waals surface area contributed by atoms with Gasteiger partial charge < -0.3 is 15.7 Å². The van der Waals surface area contributed by atoms with Crippen LogP contribution in [-0.2, 0) is 0 Å². The number of halogens is 1. The third kappa shape index (κ3) is 4.95. The van der Waals surface area contributed by atoms with E-state index in [4.69, 9.17) is 5.11 Å². The summed E-state index contributed by atoms with van der Waals surface area (Å²) in [5.41, 5.74) is -0.318. The number of rotatable bonds is 3. The Morgan fingerprint density at radius 1 is 1.32 bits per heavy atom. The number of hydrogen-bond acceptors (Lipinski definition) is 2. The molecule has 0 saturated heterocycles. The summed E-state index contributed by atoms with van der Waals surface area (Å²) in [6, 6.07) is 2.65. The fraction of sp³-hybridized carbons (Fsp3) is 0.385. The van der Waals surface area contributed by atoms with Gasteiger partial charge in [0.25, 0.3) is 0 Å². The molecule has 0 unspecified atom stereocenters. The molecule has 0 heterocycles. The molecule has 6 heteroatoms. The third-order valence-corrected chi connectivity index (χ3v) is 2.24. The fourth-order valence-electron chi connectivity index (χ4n) is 1.31. The molecule has 1 aromatic rings. The van der Waals surface area contributed by atoms with Gasteiger partial charge in [0.05, 0.1) is 11.3 Å². The lowest BCUT2D eigenvalue weighted by atomic mass is 9.97. The minimum Gasteiger partial charge on any atom is -0.478 e. The number of carbonyl (C=O) groups is 2. The van der Waals surface area contributed by atoms with Gasteiger partial charge in [0.2, 0.25) is 0 Å². The Morgan fingerprint density at radius 3 is 2.47 bits per heavy atom. The maximum atomic E-state index is 13.0. The van der Waals surface area contributed by atoms with Crippen molar-refractivity contribution in [3.05, 3.63) is 29.6 Å². The molecule has 0 radical (unpaired) electrons. The molecule has 5 nitrogen and oxygen atoms in total. The van der Waals surface area contributed by atoms with E-state index in [-0.39, 0.29) is 16.7 Å². The van der Waals surface area contributed by atoms with Gasteiger partial charge in [0.15, 0.2) is 0 Å². The van der Waals surface area contributed by atoms with Gasteiger partial charge in [0.1, 0.15) is 5.82 Å². The van der Waals surface area contributed by atoms with Crippen LogP contribution in [0.1, 0.15) is 31.1 Å². The number of amides is 2. The monoisotopic (exact) mass is 268 g/mol. The van der Waals surface area contributed by atoms with E-state index in [0.717, 1.165) is 12.1 Å². The summed E-state index contributed by atoms with van der Waals surface area (Å²) >= 11 is 0. The van der Waals surface area contributed by atoms with Gasteiger partial charge >= 0.3 is 12.0 Å². The van der Waals surface area contributed by atoms with Crippen molar-refractivity contribution < 1.29 is 19.1 Å². The molecular weight excluding hydrogens is 251 g/mol. The van der Waals surface area contributed by atoms with Gasteiger partial charge in [-0.2, -0.15) is 0 Å². The number of carbonyl (C=O) groups excluding carboxylic acids is 1. The molecule has 0 aliphatic rings. The summed E-state index contributed by atoms with van der Waals surface area (Å²) in [6.45, 7) is 6.29. The van der Waals surface area contributed by atoms with Crippen molar-refractivity contribution >= 4 is 17.7 Å². The summed E-state index contributed by atoms with van der Waals surface area (Å²) in [4.78, 5) is 22.5. The first-order valence-electron chi connectivity index (χ1n) is 5.77. The summed E-state index contributed by atoms with van der Waals surface area (Å²) in [6.07, 6.45) is 0. The van der Waals surface area contributed by atoms with Crippen molar-refractivity contribution in [2.45, 2.75) is 20.8 Å². The van der Waals surface area contributed by atoms with Crippen LogP contribution in [0.4, 0.5) is 14.9 Å². The topological polar surface area (TPSA) is 78.4 Å². The second-order valence-electron chi connectivity index (χ2n) is 5.36. The highest BCUT2D eigenvalue weighted by molar-refractivity contribution is 5.99. The fourth-order valence-corrected chi connectivity index (χ4v) is 1.31. The normalized spacial score (nSPS) is 10.9. The van der Waals surface area contributed by atoms with Crippen molar-refractivity contribution in [1.82, 2.24) is 5.32 Å². The molecule has 0 saturated carbocycles. The number of carboxylic acids is 1. The molecule has 1 rings (SSSR count). The molecule has 1 aromatic carbocycles. The summed E-state index contributed by atoms with van der Waals surface area (Å²) in [5, 5.41) is 13.9. The maximum absolute atomic E-state index is 13.0. The highest BCUT2D eigenvalue weighted by Gasteiger charge is 2.15. The van der Waals surface area contributed by atoms with Crippen LogP contribution >= 0.6 is 0 Å². The third-order valence-electron chi connectivity index (χ3n) is 2.24. The number of benzene rings is 1. The maximum Gasteiger partial charge on any atom is 0.337 e. The first kappa shape index (κ1) is 14.9. The van der Waals surface area contributed by atoms with Crippen molar-refractivity contribution in [1.29, 1.82) is 0 Å². The van der Waals surface area contributed by atoms with E-state index < -0.39 is 17.8 Å². The molecule has 104 valence electrons. The van der Waals surface area contributed by atoms with Gasteiger partial charge in [-0.25, -0.2) is 14.0 Å². The standard InChI is InChI=1S/C13H17FN2O3/c1-13(2,3)7-15-12(19)16-10-5-4-8(14)6-9(10)11(17)18/h4-6H,7H2,1-3H3,(H,17,18)(H2,15,16,19). The quantitative estimate of drug-likeness (QED) is 0.788. The zero-order valence-electron chi connectivity index (χ0n) is 11.1. The van der Waals surface area contributed by atoms with Gasteiger partial charge in [-0.15, -0.1) is 0 Å². The number of hydrogen-bond donors (Lipinski definition) is 3. The molecule has 0 aliphatic carbocycles. The molecule has 0 aromatic heterocycles. The van der Waals surface area contributed by atoms with Gasteiger partial charge in [0, 0.05) is 6.54 Å². The Kier molecular flexibility index (Phi) is 4.47. The molecule has 2 amide bonds. The lowest BCUT2D eigenvalue weighted by molar-refractivity contribution is 0.0697. The number of aromatic carboxylic acids is 1. The molecule has 0 spiro atoms. The highest BCUT2D eigenvalue weighted by atomic mass is 19.1. The average molecular weight is 268 g/mol. The van der Waals surface area contributed by atoms with Gasteiger partial charge in [-0.05, 0) is 23.6 Å². The number of urea groups is 1. The number of anilines is 1. The predicted octanol–water partition coefficient (Wildman–Crippen LogP) is 2.69. The smallest absolute Gasteiger partial charge is 0.337 e. The van der Waals surface area contributed by atoms with E-state index in [1.807, 2.05) is 20.8 Å². The second kappa shape index (κ2) is 5.69. The first-order chi connectivity index (χ1) is 8.69. The van der Waals surface area contributed by atoms with Crippen LogP contribution in [0.5, 0.6) is 0 Å². The largest absolute Gasteiger partial charge is 0.478 e. The summed E-state index contributed by atoms with van der Waals surface area (Å²) in [7, 11) is 0. The van der Waals surface area contributed by atoms with Gasteiger partial charge in [-0.1, -0.05) is 20.8 Å². The molecule has 0 aliphatic heterocycles. The molecular formula is C13H17FN2O3.